The molecule has 19 heavy (non-hydrogen) atoms. The number of carbonyl (C=O) groups excluding carboxylic acids is 1. The maximum atomic E-state index is 12.7. The predicted molar refractivity (Wildman–Crippen MR) is 73.0 cm³/mol. The van der Waals surface area contributed by atoms with Crippen LogP contribution in [0.1, 0.15) is 25.7 Å². The van der Waals surface area contributed by atoms with E-state index in [1.165, 1.54) is 12.8 Å². The van der Waals surface area contributed by atoms with Crippen LogP contribution >= 0.6 is 0 Å². The van der Waals surface area contributed by atoms with Crippen molar-refractivity contribution in [2.45, 2.75) is 43.9 Å². The molecule has 0 bridgehead atoms. The van der Waals surface area contributed by atoms with Crippen molar-refractivity contribution in [3.8, 4) is 0 Å². The van der Waals surface area contributed by atoms with Crippen molar-refractivity contribution in [1.29, 1.82) is 0 Å². The van der Waals surface area contributed by atoms with Crippen molar-refractivity contribution < 1.29 is 9.53 Å². The van der Waals surface area contributed by atoms with E-state index in [0.29, 0.717) is 25.2 Å². The molecular formula is C14H25N3O2. The first-order chi connectivity index (χ1) is 9.25. The minimum atomic E-state index is -0.256. The molecule has 0 aromatic rings. The number of rotatable bonds is 3. The Morgan fingerprint density at radius 2 is 1.89 bits per heavy atom. The Kier molecular flexibility index (Phi) is 4.05. The van der Waals surface area contributed by atoms with Crippen molar-refractivity contribution in [3.05, 3.63) is 0 Å². The highest BCUT2D eigenvalue weighted by atomic mass is 16.5. The minimum absolute atomic E-state index is 0.226. The molecule has 1 saturated carbocycles. The zero-order valence-electron chi connectivity index (χ0n) is 11.8. The van der Waals surface area contributed by atoms with Crippen LogP contribution in [0.4, 0.5) is 0 Å². The summed E-state index contributed by atoms with van der Waals surface area (Å²) in [6, 6.07) is 0.924. The van der Waals surface area contributed by atoms with E-state index in [-0.39, 0.29) is 12.0 Å². The fourth-order valence-electron chi connectivity index (χ4n) is 3.17. The monoisotopic (exact) mass is 267 g/mol. The van der Waals surface area contributed by atoms with Crippen LogP contribution in [0.2, 0.25) is 0 Å². The molecule has 3 aliphatic rings. The fourth-order valence-corrected chi connectivity index (χ4v) is 3.17. The van der Waals surface area contributed by atoms with Gasteiger partial charge in [-0.3, -0.25) is 4.79 Å². The summed E-state index contributed by atoms with van der Waals surface area (Å²) in [4.78, 5) is 17.2. The van der Waals surface area contributed by atoms with E-state index in [9.17, 15) is 4.79 Å². The highest BCUT2D eigenvalue weighted by molar-refractivity contribution is 5.82. The topological polar surface area (TPSA) is 44.8 Å². The largest absolute Gasteiger partial charge is 0.366 e. The molecule has 0 radical (unpaired) electrons. The predicted octanol–water partition coefficient (Wildman–Crippen LogP) is 0.0600. The molecule has 1 aliphatic carbocycles. The molecule has 0 spiro atoms. The van der Waals surface area contributed by atoms with Gasteiger partial charge in [-0.15, -0.1) is 0 Å². The second-order valence-corrected chi connectivity index (χ2v) is 6.07. The van der Waals surface area contributed by atoms with E-state index in [1.807, 2.05) is 0 Å². The van der Waals surface area contributed by atoms with Crippen LogP contribution < -0.4 is 5.32 Å². The summed E-state index contributed by atoms with van der Waals surface area (Å²) in [5, 5.41) is 3.26. The van der Waals surface area contributed by atoms with Crippen molar-refractivity contribution >= 4 is 5.91 Å². The van der Waals surface area contributed by atoms with Crippen LogP contribution in [0.5, 0.6) is 0 Å². The molecule has 1 amide bonds. The van der Waals surface area contributed by atoms with Gasteiger partial charge in [0.15, 0.2) is 0 Å². The van der Waals surface area contributed by atoms with Gasteiger partial charge < -0.3 is 19.9 Å². The Labute approximate surface area is 115 Å². The van der Waals surface area contributed by atoms with Gasteiger partial charge in [-0.05, 0) is 45.8 Å². The first-order valence-electron chi connectivity index (χ1n) is 7.59. The van der Waals surface area contributed by atoms with E-state index in [1.54, 1.807) is 0 Å². The lowest BCUT2D eigenvalue weighted by Gasteiger charge is -2.39. The van der Waals surface area contributed by atoms with E-state index in [4.69, 9.17) is 4.74 Å². The van der Waals surface area contributed by atoms with Gasteiger partial charge in [0, 0.05) is 25.2 Å². The lowest BCUT2D eigenvalue weighted by atomic mass is 10.0. The molecule has 0 aromatic heterocycles. The van der Waals surface area contributed by atoms with Crippen LogP contribution in [0.25, 0.3) is 0 Å². The van der Waals surface area contributed by atoms with Crippen LogP contribution in [0, 0.1) is 0 Å². The standard InChI is InChI=1S/C14H25N3O2/c1-16-7-4-12(5-8-16)17(11-2-3-11)14(18)13-10-15-6-9-19-13/h11-13,15H,2-10H2,1H3/t13-/m1/s1. The highest BCUT2D eigenvalue weighted by Crippen LogP contribution is 2.32. The van der Waals surface area contributed by atoms with E-state index >= 15 is 0 Å². The lowest BCUT2D eigenvalue weighted by molar-refractivity contribution is -0.149. The number of hydrogen-bond acceptors (Lipinski definition) is 4. The number of nitrogens with zero attached hydrogens (tertiary/aromatic N) is 2. The second-order valence-electron chi connectivity index (χ2n) is 6.07. The van der Waals surface area contributed by atoms with Crippen LogP contribution in [-0.2, 0) is 9.53 Å². The van der Waals surface area contributed by atoms with Crippen LogP contribution in [0.3, 0.4) is 0 Å². The average Bonchev–Trinajstić information content (AvgIpc) is 3.27. The van der Waals surface area contributed by atoms with Crippen LogP contribution in [0.15, 0.2) is 0 Å². The summed E-state index contributed by atoms with van der Waals surface area (Å²) < 4.78 is 5.65. The Hall–Kier alpha value is -0.650. The Morgan fingerprint density at radius 1 is 1.21 bits per heavy atom. The Morgan fingerprint density at radius 3 is 2.47 bits per heavy atom. The Balaban J connectivity index is 1.64. The molecule has 2 aliphatic heterocycles. The van der Waals surface area contributed by atoms with Gasteiger partial charge in [-0.1, -0.05) is 0 Å². The van der Waals surface area contributed by atoms with Gasteiger partial charge in [0.2, 0.25) is 0 Å². The molecule has 3 fully saturated rings. The highest BCUT2D eigenvalue weighted by Gasteiger charge is 2.41. The van der Waals surface area contributed by atoms with Gasteiger partial charge in [0.05, 0.1) is 6.61 Å². The van der Waals surface area contributed by atoms with E-state index < -0.39 is 0 Å². The third-order valence-corrected chi connectivity index (χ3v) is 4.48. The third kappa shape index (κ3) is 3.09. The number of piperidine rings is 1. The molecule has 2 heterocycles. The smallest absolute Gasteiger partial charge is 0.253 e. The van der Waals surface area contributed by atoms with Gasteiger partial charge in [-0.25, -0.2) is 0 Å². The normalized spacial score (nSPS) is 30.3. The SMILES string of the molecule is CN1CCC(N(C(=O)[C@H]2CNCCO2)C2CC2)CC1. The zero-order valence-corrected chi connectivity index (χ0v) is 11.8. The summed E-state index contributed by atoms with van der Waals surface area (Å²) in [5.74, 6) is 0.226. The molecular weight excluding hydrogens is 242 g/mol. The van der Waals surface area contributed by atoms with E-state index in [0.717, 1.165) is 32.5 Å². The first-order valence-corrected chi connectivity index (χ1v) is 7.59. The van der Waals surface area contributed by atoms with Gasteiger partial charge in [0.25, 0.3) is 5.91 Å². The molecule has 108 valence electrons. The van der Waals surface area contributed by atoms with E-state index in [2.05, 4.69) is 22.2 Å². The summed E-state index contributed by atoms with van der Waals surface area (Å²) in [5.41, 5.74) is 0. The van der Waals surface area contributed by atoms with Crippen molar-refractivity contribution in [2.75, 3.05) is 39.8 Å². The van der Waals surface area contributed by atoms with Gasteiger partial charge in [-0.2, -0.15) is 0 Å². The number of carbonyl (C=O) groups is 1. The van der Waals surface area contributed by atoms with Crippen LogP contribution in [-0.4, -0.2) is 73.7 Å². The number of hydrogen-bond donors (Lipinski definition) is 1. The fraction of sp³-hybridized carbons (Fsp3) is 0.929. The lowest BCUT2D eigenvalue weighted by Crippen LogP contribution is -2.55. The third-order valence-electron chi connectivity index (χ3n) is 4.48. The quantitative estimate of drug-likeness (QED) is 0.785. The molecule has 5 heteroatoms. The molecule has 0 aromatic carbocycles. The maximum absolute atomic E-state index is 12.7. The number of morpholine rings is 1. The number of likely N-dealkylation sites (tertiary alicyclic amines) is 1. The molecule has 1 atom stereocenters. The average molecular weight is 267 g/mol. The summed E-state index contributed by atoms with van der Waals surface area (Å²) in [6.07, 6.45) is 4.32. The summed E-state index contributed by atoms with van der Waals surface area (Å²) in [7, 11) is 2.16. The number of amides is 1. The molecule has 1 N–H and O–H groups in total. The molecule has 5 nitrogen and oxygen atoms in total. The van der Waals surface area contributed by atoms with Crippen molar-refractivity contribution in [3.63, 3.8) is 0 Å². The molecule has 0 unspecified atom stereocenters. The first kappa shape index (κ1) is 13.3. The molecule has 2 saturated heterocycles. The number of nitrogens with one attached hydrogen (secondary N) is 1. The summed E-state index contributed by atoms with van der Waals surface area (Å²) in [6.45, 7) is 4.40. The summed E-state index contributed by atoms with van der Waals surface area (Å²) >= 11 is 0. The van der Waals surface area contributed by atoms with Crippen molar-refractivity contribution in [2.24, 2.45) is 0 Å². The molecule has 3 rings (SSSR count). The minimum Gasteiger partial charge on any atom is -0.366 e. The van der Waals surface area contributed by atoms with Gasteiger partial charge >= 0.3 is 0 Å². The maximum Gasteiger partial charge on any atom is 0.253 e. The number of ether oxygens (including phenoxy) is 1. The zero-order chi connectivity index (χ0) is 13.2. The second kappa shape index (κ2) is 5.77. The Bertz CT molecular complexity index is 319. The van der Waals surface area contributed by atoms with Gasteiger partial charge in [0.1, 0.15) is 6.10 Å². The van der Waals surface area contributed by atoms with Crippen molar-refractivity contribution in [1.82, 2.24) is 15.1 Å².